The largest absolute Gasteiger partial charge is 0.397 e. The van der Waals surface area contributed by atoms with E-state index in [0.717, 1.165) is 30.9 Å². The Kier molecular flexibility index (Phi) is 4.38. The molecule has 0 aliphatic carbocycles. The summed E-state index contributed by atoms with van der Waals surface area (Å²) in [4.78, 5) is 6.67. The Morgan fingerprint density at radius 3 is 3.06 bits per heavy atom. The van der Waals surface area contributed by atoms with E-state index in [-0.39, 0.29) is 6.10 Å². The van der Waals surface area contributed by atoms with Gasteiger partial charge in [0.05, 0.1) is 31.2 Å². The smallest absolute Gasteiger partial charge is 0.131 e. The molecule has 2 rings (SSSR count). The number of nitrogens with two attached hydrogens (primary N) is 1. The number of aryl methyl sites for hydroxylation is 1. The van der Waals surface area contributed by atoms with Crippen LogP contribution in [0, 0.1) is 6.92 Å². The molecule has 1 atom stereocenters. The molecule has 1 aromatic rings. The number of methoxy groups -OCH3 is 1. The molecule has 1 aromatic heterocycles. The number of hydrogen-bond donors (Lipinski definition) is 1. The SMILES string of the molecule is COCCO[C@@H]1CCN(c2ncc(N)cc2C)C1. The number of nitrogens with zero attached hydrogens (tertiary/aromatic N) is 2. The van der Waals surface area contributed by atoms with Gasteiger partial charge < -0.3 is 20.1 Å². The van der Waals surface area contributed by atoms with Crippen molar-refractivity contribution in [2.75, 3.05) is 44.0 Å². The fourth-order valence-electron chi connectivity index (χ4n) is 2.28. The average Bonchev–Trinajstić information content (AvgIpc) is 2.78. The van der Waals surface area contributed by atoms with Gasteiger partial charge in [0, 0.05) is 20.2 Å². The molecule has 100 valence electrons. The molecule has 0 unspecified atom stereocenters. The summed E-state index contributed by atoms with van der Waals surface area (Å²) < 4.78 is 10.7. The minimum atomic E-state index is 0.277. The summed E-state index contributed by atoms with van der Waals surface area (Å²) in [6.45, 7) is 5.22. The second-order valence-electron chi connectivity index (χ2n) is 4.63. The lowest BCUT2D eigenvalue weighted by atomic mass is 10.2. The third-order valence-electron chi connectivity index (χ3n) is 3.16. The van der Waals surface area contributed by atoms with Crippen LogP contribution in [0.25, 0.3) is 0 Å². The van der Waals surface area contributed by atoms with Crippen LogP contribution in [0.5, 0.6) is 0 Å². The molecule has 0 aromatic carbocycles. The summed E-state index contributed by atoms with van der Waals surface area (Å²) in [5, 5.41) is 0. The Bertz CT molecular complexity index is 398. The van der Waals surface area contributed by atoms with Crippen LogP contribution < -0.4 is 10.6 Å². The molecule has 0 spiro atoms. The van der Waals surface area contributed by atoms with Gasteiger partial charge in [-0.2, -0.15) is 0 Å². The van der Waals surface area contributed by atoms with E-state index >= 15 is 0 Å². The highest BCUT2D eigenvalue weighted by Gasteiger charge is 2.24. The molecule has 1 aliphatic heterocycles. The number of aromatic nitrogens is 1. The molecule has 1 aliphatic rings. The predicted molar refractivity (Wildman–Crippen MR) is 71.8 cm³/mol. The Hall–Kier alpha value is -1.33. The van der Waals surface area contributed by atoms with Crippen LogP contribution in [0.1, 0.15) is 12.0 Å². The van der Waals surface area contributed by atoms with Gasteiger partial charge in [-0.3, -0.25) is 0 Å². The van der Waals surface area contributed by atoms with Crippen LogP contribution in [-0.2, 0) is 9.47 Å². The van der Waals surface area contributed by atoms with E-state index < -0.39 is 0 Å². The van der Waals surface area contributed by atoms with Crippen molar-refractivity contribution >= 4 is 11.5 Å². The second-order valence-corrected chi connectivity index (χ2v) is 4.63. The second kappa shape index (κ2) is 6.02. The summed E-state index contributed by atoms with van der Waals surface area (Å²) in [5.74, 6) is 1.02. The van der Waals surface area contributed by atoms with Crippen LogP contribution in [-0.4, -0.2) is 44.5 Å². The Morgan fingerprint density at radius 2 is 2.33 bits per heavy atom. The first-order valence-corrected chi connectivity index (χ1v) is 6.28. The highest BCUT2D eigenvalue weighted by Crippen LogP contribution is 2.24. The lowest BCUT2D eigenvalue weighted by molar-refractivity contribution is 0.0280. The summed E-state index contributed by atoms with van der Waals surface area (Å²) >= 11 is 0. The zero-order valence-electron chi connectivity index (χ0n) is 11.1. The fraction of sp³-hybridized carbons (Fsp3) is 0.615. The maximum Gasteiger partial charge on any atom is 0.131 e. The van der Waals surface area contributed by atoms with Crippen molar-refractivity contribution < 1.29 is 9.47 Å². The van der Waals surface area contributed by atoms with Crippen LogP contribution in [0.4, 0.5) is 11.5 Å². The van der Waals surface area contributed by atoms with E-state index in [4.69, 9.17) is 15.2 Å². The summed E-state index contributed by atoms with van der Waals surface area (Å²) in [6.07, 6.45) is 3.02. The standard InChI is InChI=1S/C13H21N3O2/c1-10-7-11(14)8-15-13(10)16-4-3-12(9-16)18-6-5-17-2/h7-8,12H,3-6,9,14H2,1-2H3/t12-/m1/s1. The first kappa shape index (κ1) is 13.1. The zero-order chi connectivity index (χ0) is 13.0. The summed E-state index contributed by atoms with van der Waals surface area (Å²) in [7, 11) is 1.69. The van der Waals surface area contributed by atoms with Gasteiger partial charge in [-0.25, -0.2) is 4.98 Å². The molecule has 0 amide bonds. The van der Waals surface area contributed by atoms with E-state index in [1.165, 1.54) is 0 Å². The minimum Gasteiger partial charge on any atom is -0.397 e. The Labute approximate surface area is 108 Å². The number of pyridine rings is 1. The predicted octanol–water partition coefficient (Wildman–Crippen LogP) is 1.21. The third-order valence-corrected chi connectivity index (χ3v) is 3.16. The van der Waals surface area contributed by atoms with Gasteiger partial charge in [0.1, 0.15) is 5.82 Å². The van der Waals surface area contributed by atoms with Gasteiger partial charge in [-0.15, -0.1) is 0 Å². The minimum absolute atomic E-state index is 0.277. The van der Waals surface area contributed by atoms with Crippen LogP contribution in [0.3, 0.4) is 0 Å². The lowest BCUT2D eigenvalue weighted by Gasteiger charge is -2.19. The van der Waals surface area contributed by atoms with Crippen LogP contribution in [0.15, 0.2) is 12.3 Å². The van der Waals surface area contributed by atoms with Crippen molar-refractivity contribution in [1.29, 1.82) is 0 Å². The first-order valence-electron chi connectivity index (χ1n) is 6.28. The van der Waals surface area contributed by atoms with Crippen molar-refractivity contribution in [3.8, 4) is 0 Å². The summed E-state index contributed by atoms with van der Waals surface area (Å²) in [5.41, 5.74) is 7.54. The van der Waals surface area contributed by atoms with Crippen molar-refractivity contribution in [3.05, 3.63) is 17.8 Å². The molecular formula is C13H21N3O2. The maximum absolute atomic E-state index is 5.74. The van der Waals surface area contributed by atoms with E-state index in [0.29, 0.717) is 18.9 Å². The van der Waals surface area contributed by atoms with Crippen molar-refractivity contribution in [3.63, 3.8) is 0 Å². The number of anilines is 2. The summed E-state index contributed by atoms with van der Waals surface area (Å²) in [6, 6.07) is 1.96. The highest BCUT2D eigenvalue weighted by molar-refractivity contribution is 5.53. The van der Waals surface area contributed by atoms with Gasteiger partial charge >= 0.3 is 0 Å². The van der Waals surface area contributed by atoms with E-state index in [9.17, 15) is 0 Å². The van der Waals surface area contributed by atoms with E-state index in [2.05, 4.69) is 9.88 Å². The van der Waals surface area contributed by atoms with Gasteiger partial charge in [-0.05, 0) is 25.0 Å². The highest BCUT2D eigenvalue weighted by atomic mass is 16.5. The molecular weight excluding hydrogens is 230 g/mol. The number of nitrogen functional groups attached to an aromatic ring is 1. The van der Waals surface area contributed by atoms with Crippen molar-refractivity contribution in [2.24, 2.45) is 0 Å². The molecule has 18 heavy (non-hydrogen) atoms. The number of hydrogen-bond acceptors (Lipinski definition) is 5. The monoisotopic (exact) mass is 251 g/mol. The van der Waals surface area contributed by atoms with Gasteiger partial charge in [0.25, 0.3) is 0 Å². The lowest BCUT2D eigenvalue weighted by Crippen LogP contribution is -2.25. The zero-order valence-corrected chi connectivity index (χ0v) is 11.1. The average molecular weight is 251 g/mol. The Balaban J connectivity index is 1.91. The Morgan fingerprint density at radius 1 is 1.50 bits per heavy atom. The van der Waals surface area contributed by atoms with Crippen molar-refractivity contribution in [2.45, 2.75) is 19.4 Å². The van der Waals surface area contributed by atoms with Crippen LogP contribution >= 0.6 is 0 Å². The molecule has 0 radical (unpaired) electrons. The van der Waals surface area contributed by atoms with Gasteiger partial charge in [-0.1, -0.05) is 0 Å². The third kappa shape index (κ3) is 3.11. The first-order chi connectivity index (χ1) is 8.70. The van der Waals surface area contributed by atoms with E-state index in [1.807, 2.05) is 13.0 Å². The fourth-order valence-corrected chi connectivity index (χ4v) is 2.28. The number of ether oxygens (including phenoxy) is 2. The topological polar surface area (TPSA) is 60.6 Å². The molecule has 1 fully saturated rings. The van der Waals surface area contributed by atoms with Gasteiger partial charge in [0.15, 0.2) is 0 Å². The number of rotatable bonds is 5. The molecule has 5 heteroatoms. The quantitative estimate of drug-likeness (QED) is 0.797. The van der Waals surface area contributed by atoms with Gasteiger partial charge in [0.2, 0.25) is 0 Å². The molecule has 5 nitrogen and oxygen atoms in total. The normalized spacial score (nSPS) is 19.4. The molecule has 2 heterocycles. The van der Waals surface area contributed by atoms with Crippen molar-refractivity contribution in [1.82, 2.24) is 4.98 Å². The molecule has 2 N–H and O–H groups in total. The maximum atomic E-state index is 5.74. The molecule has 1 saturated heterocycles. The molecule has 0 saturated carbocycles. The molecule has 0 bridgehead atoms. The van der Waals surface area contributed by atoms with Crippen LogP contribution in [0.2, 0.25) is 0 Å². The van der Waals surface area contributed by atoms with E-state index in [1.54, 1.807) is 13.3 Å².